The van der Waals surface area contributed by atoms with Gasteiger partial charge in [-0.3, -0.25) is 4.79 Å². The highest BCUT2D eigenvalue weighted by Crippen LogP contribution is 2.27. The molecule has 0 saturated heterocycles. The molecule has 1 aromatic carbocycles. The molecule has 1 saturated carbocycles. The highest BCUT2D eigenvalue weighted by Gasteiger charge is 2.28. The first-order valence-electron chi connectivity index (χ1n) is 6.54. The Morgan fingerprint density at radius 2 is 2.11 bits per heavy atom. The molecule has 0 heterocycles. The van der Waals surface area contributed by atoms with Crippen LogP contribution in [0.2, 0.25) is 5.02 Å². The second kappa shape index (κ2) is 6.64. The van der Waals surface area contributed by atoms with Crippen LogP contribution in [0.4, 0.5) is 0 Å². The van der Waals surface area contributed by atoms with E-state index in [4.69, 9.17) is 11.6 Å². The molecule has 0 atom stereocenters. The van der Waals surface area contributed by atoms with Gasteiger partial charge >= 0.3 is 0 Å². The molecule has 1 fully saturated rings. The van der Waals surface area contributed by atoms with Crippen molar-refractivity contribution in [1.82, 2.24) is 4.90 Å². The van der Waals surface area contributed by atoms with Gasteiger partial charge in [0.1, 0.15) is 0 Å². The normalized spacial score (nSPS) is 15.7. The predicted octanol–water partition coefficient (Wildman–Crippen LogP) is 3.01. The van der Waals surface area contributed by atoms with Crippen molar-refractivity contribution in [3.05, 3.63) is 28.8 Å². The lowest BCUT2D eigenvalue weighted by Gasteiger charge is -2.28. The van der Waals surface area contributed by atoms with Gasteiger partial charge in [0.15, 0.2) is 0 Å². The van der Waals surface area contributed by atoms with Crippen molar-refractivity contribution in [1.29, 1.82) is 0 Å². The molecule has 1 aliphatic carbocycles. The van der Waals surface area contributed by atoms with Crippen LogP contribution in [0.15, 0.2) is 23.1 Å². The first-order valence-corrected chi connectivity index (χ1v) is 7.36. The molecule has 3 nitrogen and oxygen atoms in total. The van der Waals surface area contributed by atoms with Gasteiger partial charge in [-0.25, -0.2) is 0 Å². The Labute approximate surface area is 124 Å². The third-order valence-corrected chi connectivity index (χ3v) is 4.16. The number of hydrogen-bond donors (Lipinski definition) is 2. The van der Waals surface area contributed by atoms with E-state index >= 15 is 0 Å². The second-order valence-corrected chi connectivity index (χ2v) is 5.75. The fourth-order valence-corrected chi connectivity index (χ4v) is 3.01. The van der Waals surface area contributed by atoms with Crippen LogP contribution < -0.4 is 0 Å². The van der Waals surface area contributed by atoms with E-state index in [-0.39, 0.29) is 18.6 Å². The minimum absolute atomic E-state index is 0.0274. The standard InChI is InChI=1S/C14H18ClNO2S/c15-13-6-5-11(19)9-12(13)14(18)16(7-8-17)10-3-1-2-4-10/h5-6,9-10,17,19H,1-4,7-8H2. The minimum atomic E-state index is -0.109. The zero-order valence-corrected chi connectivity index (χ0v) is 12.3. The fourth-order valence-electron chi connectivity index (χ4n) is 2.61. The van der Waals surface area contributed by atoms with Gasteiger partial charge in [-0.15, -0.1) is 12.6 Å². The molecule has 0 aromatic heterocycles. The van der Waals surface area contributed by atoms with Crippen LogP contribution in [0.3, 0.4) is 0 Å². The van der Waals surface area contributed by atoms with Crippen LogP contribution in [0.25, 0.3) is 0 Å². The molecular formula is C14H18ClNO2S. The SMILES string of the molecule is O=C(c1cc(S)ccc1Cl)N(CCO)C1CCCC1. The first kappa shape index (κ1) is 14.7. The van der Waals surface area contributed by atoms with Gasteiger partial charge in [-0.2, -0.15) is 0 Å². The summed E-state index contributed by atoms with van der Waals surface area (Å²) in [5.41, 5.74) is 0.467. The number of benzene rings is 1. The zero-order chi connectivity index (χ0) is 13.8. The Bertz CT molecular complexity index is 461. The fraction of sp³-hybridized carbons (Fsp3) is 0.500. The smallest absolute Gasteiger partial charge is 0.255 e. The monoisotopic (exact) mass is 299 g/mol. The van der Waals surface area contributed by atoms with Crippen LogP contribution in [-0.2, 0) is 0 Å². The molecule has 1 amide bonds. The number of carbonyl (C=O) groups excluding carboxylic acids is 1. The molecular weight excluding hydrogens is 282 g/mol. The van der Waals surface area contributed by atoms with Crippen LogP contribution in [0, 0.1) is 0 Å². The number of aliphatic hydroxyl groups is 1. The number of nitrogens with zero attached hydrogens (tertiary/aromatic N) is 1. The Balaban J connectivity index is 2.25. The Morgan fingerprint density at radius 3 is 2.74 bits per heavy atom. The van der Waals surface area contributed by atoms with Crippen molar-refractivity contribution < 1.29 is 9.90 Å². The molecule has 0 bridgehead atoms. The maximum atomic E-state index is 12.6. The number of halogens is 1. The predicted molar refractivity (Wildman–Crippen MR) is 79.1 cm³/mol. The molecule has 0 aliphatic heterocycles. The van der Waals surface area contributed by atoms with Gasteiger partial charge < -0.3 is 10.0 Å². The van der Waals surface area contributed by atoms with Gasteiger partial charge in [0, 0.05) is 17.5 Å². The largest absolute Gasteiger partial charge is 0.395 e. The summed E-state index contributed by atoms with van der Waals surface area (Å²) in [4.78, 5) is 15.1. The van der Waals surface area contributed by atoms with Gasteiger partial charge in [0.2, 0.25) is 0 Å². The maximum Gasteiger partial charge on any atom is 0.255 e. The molecule has 19 heavy (non-hydrogen) atoms. The summed E-state index contributed by atoms with van der Waals surface area (Å²) in [7, 11) is 0. The van der Waals surface area contributed by atoms with E-state index in [1.54, 1.807) is 23.1 Å². The lowest BCUT2D eigenvalue weighted by atomic mass is 10.1. The second-order valence-electron chi connectivity index (χ2n) is 4.82. The van der Waals surface area contributed by atoms with Crippen molar-refractivity contribution >= 4 is 30.1 Å². The molecule has 0 unspecified atom stereocenters. The summed E-state index contributed by atoms with van der Waals surface area (Å²) in [6, 6.07) is 5.35. The van der Waals surface area contributed by atoms with E-state index in [1.807, 2.05) is 0 Å². The number of amides is 1. The third kappa shape index (κ3) is 3.44. The third-order valence-electron chi connectivity index (χ3n) is 3.55. The van der Waals surface area contributed by atoms with E-state index < -0.39 is 0 Å². The Hall–Kier alpha value is -0.710. The van der Waals surface area contributed by atoms with Crippen molar-refractivity contribution in [3.8, 4) is 0 Å². The molecule has 0 spiro atoms. The number of rotatable bonds is 4. The highest BCUT2D eigenvalue weighted by molar-refractivity contribution is 7.80. The molecule has 1 aliphatic rings. The lowest BCUT2D eigenvalue weighted by molar-refractivity contribution is 0.0638. The summed E-state index contributed by atoms with van der Waals surface area (Å²) < 4.78 is 0. The van der Waals surface area contributed by atoms with E-state index in [9.17, 15) is 9.90 Å². The molecule has 1 N–H and O–H groups in total. The average molecular weight is 300 g/mol. The van der Waals surface area contributed by atoms with E-state index in [1.165, 1.54) is 0 Å². The highest BCUT2D eigenvalue weighted by atomic mass is 35.5. The average Bonchev–Trinajstić information content (AvgIpc) is 2.92. The summed E-state index contributed by atoms with van der Waals surface area (Å²) in [6.07, 6.45) is 4.29. The Kier molecular flexibility index (Phi) is 5.13. The summed E-state index contributed by atoms with van der Waals surface area (Å²) in [5.74, 6) is -0.109. The van der Waals surface area contributed by atoms with Gasteiger partial charge in [0.05, 0.1) is 17.2 Å². The zero-order valence-electron chi connectivity index (χ0n) is 10.7. The van der Waals surface area contributed by atoms with Crippen molar-refractivity contribution in [2.75, 3.05) is 13.2 Å². The number of carbonyl (C=O) groups is 1. The van der Waals surface area contributed by atoms with Gasteiger partial charge in [-0.1, -0.05) is 24.4 Å². The van der Waals surface area contributed by atoms with Crippen molar-refractivity contribution in [2.24, 2.45) is 0 Å². The topological polar surface area (TPSA) is 40.5 Å². The molecule has 2 rings (SSSR count). The molecule has 5 heteroatoms. The maximum absolute atomic E-state index is 12.6. The summed E-state index contributed by atoms with van der Waals surface area (Å²) in [5, 5.41) is 9.61. The van der Waals surface area contributed by atoms with Crippen LogP contribution in [0.5, 0.6) is 0 Å². The number of hydrogen-bond acceptors (Lipinski definition) is 3. The first-order chi connectivity index (χ1) is 9.13. The lowest BCUT2D eigenvalue weighted by Crippen LogP contribution is -2.40. The van der Waals surface area contributed by atoms with Crippen LogP contribution in [-0.4, -0.2) is 35.1 Å². The summed E-state index contributed by atoms with van der Waals surface area (Å²) >= 11 is 10.3. The van der Waals surface area contributed by atoms with Crippen LogP contribution in [0.1, 0.15) is 36.0 Å². The van der Waals surface area contributed by atoms with Crippen molar-refractivity contribution in [2.45, 2.75) is 36.6 Å². The van der Waals surface area contributed by atoms with Crippen LogP contribution >= 0.6 is 24.2 Å². The summed E-state index contributed by atoms with van der Waals surface area (Å²) in [6.45, 7) is 0.330. The molecule has 0 radical (unpaired) electrons. The van der Waals surface area contributed by atoms with E-state index in [0.717, 1.165) is 25.7 Å². The van der Waals surface area contributed by atoms with Gasteiger partial charge in [0.25, 0.3) is 5.91 Å². The quantitative estimate of drug-likeness (QED) is 0.839. The number of aliphatic hydroxyl groups excluding tert-OH is 1. The minimum Gasteiger partial charge on any atom is -0.395 e. The van der Waals surface area contributed by atoms with E-state index in [0.29, 0.717) is 22.0 Å². The Morgan fingerprint density at radius 1 is 1.42 bits per heavy atom. The van der Waals surface area contributed by atoms with Gasteiger partial charge in [-0.05, 0) is 31.0 Å². The van der Waals surface area contributed by atoms with E-state index in [2.05, 4.69) is 12.6 Å². The van der Waals surface area contributed by atoms with Crippen molar-refractivity contribution in [3.63, 3.8) is 0 Å². The molecule has 1 aromatic rings. The molecule has 104 valence electrons. The number of thiol groups is 1.